The van der Waals surface area contributed by atoms with Crippen LogP contribution in [0.15, 0.2) is 35.4 Å². The van der Waals surface area contributed by atoms with Crippen molar-refractivity contribution in [3.8, 4) is 11.1 Å². The largest absolute Gasteiger partial charge is 0.477 e. The smallest absolute Gasteiger partial charge is 0.341 e. The number of nitrogens with zero attached hydrogens (tertiary/aromatic N) is 2. The maximum atomic E-state index is 12.9. The molecule has 1 saturated carbocycles. The van der Waals surface area contributed by atoms with Crippen LogP contribution in [0.2, 0.25) is 0 Å². The van der Waals surface area contributed by atoms with Gasteiger partial charge < -0.3 is 25.0 Å². The second-order valence-corrected chi connectivity index (χ2v) is 8.93. The van der Waals surface area contributed by atoms with Crippen molar-refractivity contribution in [2.75, 3.05) is 25.0 Å². The highest BCUT2D eigenvalue weighted by Gasteiger charge is 2.29. The average molecular weight is 432 g/mol. The third-order valence-electron chi connectivity index (χ3n) is 6.69. The summed E-state index contributed by atoms with van der Waals surface area (Å²) in [5.41, 5.74) is 4.11. The van der Waals surface area contributed by atoms with Gasteiger partial charge in [0.2, 0.25) is 5.43 Å². The molecule has 2 aliphatic heterocycles. The van der Waals surface area contributed by atoms with Gasteiger partial charge in [0.05, 0.1) is 18.7 Å². The normalized spacial score (nSPS) is 17.9. The summed E-state index contributed by atoms with van der Waals surface area (Å²) >= 11 is 0. The first-order valence-corrected chi connectivity index (χ1v) is 11.1. The number of rotatable bonds is 5. The Kier molecular flexibility index (Phi) is 4.51. The number of carbonyl (C=O) groups is 1. The lowest BCUT2D eigenvalue weighted by Crippen LogP contribution is -2.45. The summed E-state index contributed by atoms with van der Waals surface area (Å²) in [6.07, 6.45) is 5.34. The van der Waals surface area contributed by atoms with E-state index >= 15 is 0 Å². The van der Waals surface area contributed by atoms with Crippen molar-refractivity contribution in [2.45, 2.75) is 32.1 Å². The molecule has 3 N–H and O–H groups in total. The molecular weight excluding hydrogens is 408 g/mol. The van der Waals surface area contributed by atoms with Crippen LogP contribution >= 0.6 is 0 Å². The predicted molar refractivity (Wildman–Crippen MR) is 120 cm³/mol. The molecule has 164 valence electrons. The molecule has 1 aromatic carbocycles. The van der Waals surface area contributed by atoms with Crippen molar-refractivity contribution in [3.63, 3.8) is 0 Å². The number of fused-ring (bicyclic) bond motifs is 5. The lowest BCUT2D eigenvalue weighted by molar-refractivity contribution is 0.0695. The zero-order chi connectivity index (χ0) is 21.8. The summed E-state index contributed by atoms with van der Waals surface area (Å²) in [6.45, 7) is 3.77. The molecule has 3 aromatic rings. The number of anilines is 1. The standard InChI is InChI=1S/C24H24N4O4/c29-23-17-4-3-16-18-9-27-21(26-8-13-6-25-7-13)5-14(18)11-32-12-20(16)22(17)28(15-1-2-15)10-19(23)24(30)31/h3-5,9-10,13,15,25H,1-2,6-8,11-12H2,(H,26,27)(H,30,31). The van der Waals surface area contributed by atoms with Crippen molar-refractivity contribution in [2.24, 2.45) is 5.92 Å². The Morgan fingerprint density at radius 1 is 1.25 bits per heavy atom. The number of hydrogen-bond acceptors (Lipinski definition) is 6. The van der Waals surface area contributed by atoms with Gasteiger partial charge >= 0.3 is 5.97 Å². The van der Waals surface area contributed by atoms with Crippen molar-refractivity contribution in [1.82, 2.24) is 14.9 Å². The molecule has 0 amide bonds. The molecule has 2 aromatic heterocycles. The minimum atomic E-state index is -1.19. The Morgan fingerprint density at radius 3 is 2.81 bits per heavy atom. The number of carboxylic acid groups (broad SMARTS) is 1. The Labute approximate surface area is 184 Å². The lowest BCUT2D eigenvalue weighted by atomic mass is 9.95. The first-order valence-electron chi connectivity index (χ1n) is 11.1. The minimum absolute atomic E-state index is 0.182. The fourth-order valence-electron chi connectivity index (χ4n) is 4.67. The van der Waals surface area contributed by atoms with E-state index in [1.807, 2.05) is 22.9 Å². The van der Waals surface area contributed by atoms with E-state index in [9.17, 15) is 14.7 Å². The molecule has 3 aliphatic rings. The van der Waals surface area contributed by atoms with Gasteiger partial charge in [0.15, 0.2) is 0 Å². The molecule has 32 heavy (non-hydrogen) atoms. The fourth-order valence-corrected chi connectivity index (χ4v) is 4.67. The van der Waals surface area contributed by atoms with Gasteiger partial charge in [-0.05, 0) is 36.1 Å². The van der Waals surface area contributed by atoms with Crippen molar-refractivity contribution in [3.05, 3.63) is 57.5 Å². The van der Waals surface area contributed by atoms with Gasteiger partial charge in [-0.3, -0.25) is 4.79 Å². The molecule has 0 atom stereocenters. The zero-order valence-electron chi connectivity index (χ0n) is 17.6. The Morgan fingerprint density at radius 2 is 2.09 bits per heavy atom. The van der Waals surface area contributed by atoms with Crippen molar-refractivity contribution >= 4 is 22.7 Å². The van der Waals surface area contributed by atoms with Gasteiger partial charge in [0, 0.05) is 60.5 Å². The predicted octanol–water partition coefficient (Wildman–Crippen LogP) is 2.76. The van der Waals surface area contributed by atoms with Crippen LogP contribution in [0.1, 0.15) is 40.4 Å². The number of nitrogens with one attached hydrogen (secondary N) is 2. The summed E-state index contributed by atoms with van der Waals surface area (Å²) in [4.78, 5) is 29.2. The molecular formula is C24H24N4O4. The van der Waals surface area contributed by atoms with Crippen molar-refractivity contribution < 1.29 is 14.6 Å². The van der Waals surface area contributed by atoms with Gasteiger partial charge in [-0.1, -0.05) is 6.07 Å². The molecule has 2 fully saturated rings. The average Bonchev–Trinajstić information content (AvgIpc) is 3.59. The number of hydrogen-bond donors (Lipinski definition) is 3. The Hall–Kier alpha value is -3.23. The van der Waals surface area contributed by atoms with E-state index in [1.165, 1.54) is 6.20 Å². The van der Waals surface area contributed by atoms with Crippen LogP contribution in [0.3, 0.4) is 0 Å². The first-order chi connectivity index (χ1) is 15.6. The molecule has 8 heteroatoms. The van der Waals surface area contributed by atoms with E-state index in [0.717, 1.165) is 66.1 Å². The fraction of sp³-hybridized carbons (Fsp3) is 0.375. The number of carboxylic acids is 1. The number of ether oxygens (including phenoxy) is 1. The van der Waals surface area contributed by atoms with Crippen LogP contribution in [-0.2, 0) is 18.0 Å². The Balaban J connectivity index is 1.48. The van der Waals surface area contributed by atoms with Crippen LogP contribution in [0.5, 0.6) is 0 Å². The maximum absolute atomic E-state index is 12.9. The topological polar surface area (TPSA) is 105 Å². The summed E-state index contributed by atoms with van der Waals surface area (Å²) in [5, 5.41) is 16.7. The van der Waals surface area contributed by atoms with E-state index in [2.05, 4.69) is 15.6 Å². The second kappa shape index (κ2) is 7.43. The third kappa shape index (κ3) is 3.18. The molecule has 0 radical (unpaired) electrons. The highest BCUT2D eigenvalue weighted by Crippen LogP contribution is 2.41. The Bertz CT molecular complexity index is 1310. The van der Waals surface area contributed by atoms with E-state index in [0.29, 0.717) is 24.5 Å². The SMILES string of the molecule is O=C(O)c1cn(C2CC2)c2c3c(ccc2c1=O)-c1cnc(NCC2CNC2)cc1COC3. The highest BCUT2D eigenvalue weighted by molar-refractivity contribution is 5.96. The van der Waals surface area contributed by atoms with Gasteiger partial charge in [-0.15, -0.1) is 0 Å². The van der Waals surface area contributed by atoms with E-state index in [1.54, 1.807) is 6.07 Å². The van der Waals surface area contributed by atoms with E-state index < -0.39 is 11.4 Å². The zero-order valence-corrected chi connectivity index (χ0v) is 17.6. The minimum Gasteiger partial charge on any atom is -0.477 e. The number of aromatic carboxylic acids is 1. The molecule has 0 unspecified atom stereocenters. The molecule has 6 rings (SSSR count). The van der Waals surface area contributed by atoms with Crippen LogP contribution in [0.25, 0.3) is 22.0 Å². The number of pyridine rings is 2. The van der Waals surface area contributed by atoms with E-state index in [4.69, 9.17) is 4.74 Å². The highest BCUT2D eigenvalue weighted by atomic mass is 16.5. The number of aromatic nitrogens is 2. The third-order valence-corrected chi connectivity index (χ3v) is 6.69. The lowest BCUT2D eigenvalue weighted by Gasteiger charge is -2.27. The first kappa shape index (κ1) is 19.5. The second-order valence-electron chi connectivity index (χ2n) is 8.93. The maximum Gasteiger partial charge on any atom is 0.341 e. The summed E-state index contributed by atoms with van der Waals surface area (Å²) in [7, 11) is 0. The molecule has 1 aliphatic carbocycles. The van der Waals surface area contributed by atoms with Crippen LogP contribution in [0, 0.1) is 5.92 Å². The van der Waals surface area contributed by atoms with Gasteiger partial charge in [-0.25, -0.2) is 9.78 Å². The summed E-state index contributed by atoms with van der Waals surface area (Å²) in [6, 6.07) is 5.93. The quantitative estimate of drug-likeness (QED) is 0.569. The van der Waals surface area contributed by atoms with Crippen LogP contribution in [-0.4, -0.2) is 40.3 Å². The molecule has 4 heterocycles. The van der Waals surface area contributed by atoms with Crippen LogP contribution in [0.4, 0.5) is 5.82 Å². The molecule has 0 bridgehead atoms. The van der Waals surface area contributed by atoms with Crippen LogP contribution < -0.4 is 16.1 Å². The molecule has 1 saturated heterocycles. The number of benzene rings is 1. The monoisotopic (exact) mass is 432 g/mol. The summed E-state index contributed by atoms with van der Waals surface area (Å²) < 4.78 is 8.02. The molecule has 8 nitrogen and oxygen atoms in total. The van der Waals surface area contributed by atoms with Gasteiger partial charge in [0.25, 0.3) is 0 Å². The van der Waals surface area contributed by atoms with Gasteiger partial charge in [-0.2, -0.15) is 0 Å². The van der Waals surface area contributed by atoms with Gasteiger partial charge in [0.1, 0.15) is 11.4 Å². The summed E-state index contributed by atoms with van der Waals surface area (Å²) in [5.74, 6) is 0.281. The van der Waals surface area contributed by atoms with Crippen molar-refractivity contribution in [1.29, 1.82) is 0 Å². The van der Waals surface area contributed by atoms with E-state index in [-0.39, 0.29) is 11.6 Å². The molecule has 0 spiro atoms.